The Hall–Kier alpha value is -1.09. The highest BCUT2D eigenvalue weighted by Crippen LogP contribution is 1.91. The SMILES string of the molecule is CCOC(=O)CS(=O)(=O)CC#N. The van der Waals surface area contributed by atoms with Crippen molar-refractivity contribution in [2.24, 2.45) is 0 Å². The summed E-state index contributed by atoms with van der Waals surface area (Å²) in [7, 11) is -3.59. The Morgan fingerprint density at radius 1 is 1.58 bits per heavy atom. The summed E-state index contributed by atoms with van der Waals surface area (Å²) in [6, 6.07) is 1.46. The number of nitriles is 1. The fraction of sp³-hybridized carbons (Fsp3) is 0.667. The maximum absolute atomic E-state index is 10.8. The van der Waals surface area contributed by atoms with E-state index in [2.05, 4.69) is 4.74 Å². The summed E-state index contributed by atoms with van der Waals surface area (Å²) in [5.41, 5.74) is 0. The lowest BCUT2D eigenvalue weighted by atomic mass is 10.8. The van der Waals surface area contributed by atoms with Gasteiger partial charge in [-0.1, -0.05) is 0 Å². The van der Waals surface area contributed by atoms with Gasteiger partial charge < -0.3 is 4.74 Å². The summed E-state index contributed by atoms with van der Waals surface area (Å²) < 4.78 is 26.0. The molecule has 0 spiro atoms. The van der Waals surface area contributed by atoms with Crippen LogP contribution in [0, 0.1) is 11.3 Å². The summed E-state index contributed by atoms with van der Waals surface area (Å²) in [6.45, 7) is 1.72. The Labute approximate surface area is 70.9 Å². The second kappa shape index (κ2) is 4.72. The van der Waals surface area contributed by atoms with Gasteiger partial charge >= 0.3 is 5.97 Å². The maximum Gasteiger partial charge on any atom is 0.321 e. The molecular weight excluding hydrogens is 182 g/mol. The van der Waals surface area contributed by atoms with Gasteiger partial charge in [-0.15, -0.1) is 0 Å². The Balaban J connectivity index is 4.09. The van der Waals surface area contributed by atoms with Crippen molar-refractivity contribution >= 4 is 15.8 Å². The lowest BCUT2D eigenvalue weighted by molar-refractivity contribution is -0.139. The molecule has 0 saturated carbocycles. The minimum absolute atomic E-state index is 0.140. The highest BCUT2D eigenvalue weighted by atomic mass is 32.2. The zero-order chi connectivity index (χ0) is 9.61. The van der Waals surface area contributed by atoms with Crippen LogP contribution in [0.4, 0.5) is 0 Å². The Bertz CT molecular complexity index is 287. The van der Waals surface area contributed by atoms with Gasteiger partial charge in [0.15, 0.2) is 9.84 Å². The van der Waals surface area contributed by atoms with Gasteiger partial charge in [0.1, 0.15) is 11.5 Å². The third kappa shape index (κ3) is 4.68. The number of rotatable bonds is 4. The highest BCUT2D eigenvalue weighted by Gasteiger charge is 2.16. The van der Waals surface area contributed by atoms with Crippen molar-refractivity contribution in [3.8, 4) is 6.07 Å². The topological polar surface area (TPSA) is 84.2 Å². The van der Waals surface area contributed by atoms with Crippen LogP contribution in [-0.2, 0) is 19.4 Å². The van der Waals surface area contributed by atoms with E-state index in [1.54, 1.807) is 6.92 Å². The van der Waals surface area contributed by atoms with Gasteiger partial charge in [0.2, 0.25) is 0 Å². The van der Waals surface area contributed by atoms with Crippen molar-refractivity contribution in [1.82, 2.24) is 0 Å². The van der Waals surface area contributed by atoms with E-state index in [9.17, 15) is 13.2 Å². The molecule has 0 amide bonds. The molecule has 0 aliphatic heterocycles. The minimum atomic E-state index is -3.59. The molecule has 68 valence electrons. The molecule has 0 aromatic rings. The van der Waals surface area contributed by atoms with Gasteiger partial charge in [-0.2, -0.15) is 5.26 Å². The van der Waals surface area contributed by atoms with Crippen LogP contribution < -0.4 is 0 Å². The number of esters is 1. The van der Waals surface area contributed by atoms with Crippen molar-refractivity contribution in [3.05, 3.63) is 0 Å². The van der Waals surface area contributed by atoms with Crippen LogP contribution >= 0.6 is 0 Å². The van der Waals surface area contributed by atoms with Gasteiger partial charge in [0.05, 0.1) is 12.7 Å². The number of ether oxygens (including phenoxy) is 1. The third-order valence-electron chi connectivity index (χ3n) is 0.928. The summed E-state index contributed by atoms with van der Waals surface area (Å²) in [6.07, 6.45) is 0. The monoisotopic (exact) mass is 191 g/mol. The van der Waals surface area contributed by atoms with Crippen LogP contribution in [0.3, 0.4) is 0 Å². The molecule has 0 aromatic carbocycles. The molecule has 0 aromatic heterocycles. The first-order valence-corrected chi connectivity index (χ1v) is 5.07. The predicted molar refractivity (Wildman–Crippen MR) is 40.9 cm³/mol. The molecule has 0 N–H and O–H groups in total. The van der Waals surface area contributed by atoms with E-state index in [1.165, 1.54) is 6.07 Å². The fourth-order valence-electron chi connectivity index (χ4n) is 0.532. The van der Waals surface area contributed by atoms with E-state index in [1.807, 2.05) is 0 Å². The molecule has 0 rings (SSSR count). The molecule has 0 atom stereocenters. The summed E-state index contributed by atoms with van der Waals surface area (Å²) >= 11 is 0. The molecule has 0 heterocycles. The van der Waals surface area contributed by atoms with Crippen molar-refractivity contribution < 1.29 is 17.9 Å². The van der Waals surface area contributed by atoms with Gasteiger partial charge in [-0.25, -0.2) is 8.42 Å². The van der Waals surface area contributed by atoms with E-state index >= 15 is 0 Å². The number of carbonyl (C=O) groups excluding carboxylic acids is 1. The molecule has 0 bridgehead atoms. The first-order chi connectivity index (χ1) is 5.52. The Morgan fingerprint density at radius 2 is 2.17 bits per heavy atom. The number of carbonyl (C=O) groups is 1. The maximum atomic E-state index is 10.8. The Kier molecular flexibility index (Phi) is 4.29. The summed E-state index contributed by atoms with van der Waals surface area (Å²) in [5, 5.41) is 8.06. The van der Waals surface area contributed by atoms with Crippen molar-refractivity contribution in [2.45, 2.75) is 6.92 Å². The van der Waals surface area contributed by atoms with Crippen LogP contribution in [0.1, 0.15) is 6.92 Å². The first-order valence-electron chi connectivity index (χ1n) is 3.25. The zero-order valence-corrected chi connectivity index (χ0v) is 7.43. The van der Waals surface area contributed by atoms with Crippen LogP contribution in [0.2, 0.25) is 0 Å². The molecule has 6 heteroatoms. The lowest BCUT2D eigenvalue weighted by Crippen LogP contribution is -2.20. The molecular formula is C6H9NO4S. The average molecular weight is 191 g/mol. The summed E-state index contributed by atoms with van der Waals surface area (Å²) in [5.74, 6) is -2.17. The van der Waals surface area contributed by atoms with Gasteiger partial charge in [-0.3, -0.25) is 4.79 Å². The number of hydrogen-bond acceptors (Lipinski definition) is 5. The largest absolute Gasteiger partial charge is 0.465 e. The standard InChI is InChI=1S/C6H9NO4S/c1-2-11-6(8)5-12(9,10)4-3-7/h2,4-5H2,1H3. The third-order valence-corrected chi connectivity index (χ3v) is 2.17. The zero-order valence-electron chi connectivity index (χ0n) is 6.61. The van der Waals surface area contributed by atoms with E-state index in [-0.39, 0.29) is 6.61 Å². The van der Waals surface area contributed by atoms with Gasteiger partial charge in [0, 0.05) is 0 Å². The second-order valence-electron chi connectivity index (χ2n) is 2.00. The number of sulfone groups is 1. The van der Waals surface area contributed by atoms with Crippen molar-refractivity contribution in [1.29, 1.82) is 5.26 Å². The number of hydrogen-bond donors (Lipinski definition) is 0. The molecule has 5 nitrogen and oxygen atoms in total. The van der Waals surface area contributed by atoms with Crippen molar-refractivity contribution in [2.75, 3.05) is 18.1 Å². The molecule has 0 unspecified atom stereocenters. The van der Waals surface area contributed by atoms with Crippen LogP contribution in [0.15, 0.2) is 0 Å². The molecule has 0 aliphatic carbocycles. The fourth-order valence-corrected chi connectivity index (χ4v) is 1.27. The molecule has 0 aliphatic rings. The van der Waals surface area contributed by atoms with E-state index in [0.717, 1.165) is 0 Å². The van der Waals surface area contributed by atoms with E-state index in [0.29, 0.717) is 0 Å². The highest BCUT2D eigenvalue weighted by molar-refractivity contribution is 7.92. The van der Waals surface area contributed by atoms with Crippen LogP contribution in [0.5, 0.6) is 0 Å². The second-order valence-corrected chi connectivity index (χ2v) is 4.06. The predicted octanol–water partition coefficient (Wildman–Crippen LogP) is -0.512. The normalized spacial score (nSPS) is 10.3. The van der Waals surface area contributed by atoms with Crippen LogP contribution in [0.25, 0.3) is 0 Å². The van der Waals surface area contributed by atoms with Crippen molar-refractivity contribution in [3.63, 3.8) is 0 Å². The van der Waals surface area contributed by atoms with E-state index < -0.39 is 27.3 Å². The van der Waals surface area contributed by atoms with Gasteiger partial charge in [-0.05, 0) is 6.92 Å². The summed E-state index contributed by atoms with van der Waals surface area (Å²) in [4.78, 5) is 10.6. The Morgan fingerprint density at radius 3 is 2.58 bits per heavy atom. The number of nitrogens with zero attached hydrogens (tertiary/aromatic N) is 1. The van der Waals surface area contributed by atoms with Crippen LogP contribution in [-0.4, -0.2) is 32.5 Å². The lowest BCUT2D eigenvalue weighted by Gasteiger charge is -1.99. The smallest absolute Gasteiger partial charge is 0.321 e. The van der Waals surface area contributed by atoms with E-state index in [4.69, 9.17) is 5.26 Å². The molecule has 0 fully saturated rings. The molecule has 0 saturated heterocycles. The average Bonchev–Trinajstić information content (AvgIpc) is 1.85. The quantitative estimate of drug-likeness (QED) is 0.558. The van der Waals surface area contributed by atoms with Gasteiger partial charge in [0.25, 0.3) is 0 Å². The first kappa shape index (κ1) is 10.9. The molecule has 0 radical (unpaired) electrons. The minimum Gasteiger partial charge on any atom is -0.465 e. The molecule has 12 heavy (non-hydrogen) atoms.